The van der Waals surface area contributed by atoms with Gasteiger partial charge in [0.05, 0.1) is 24.5 Å². The highest BCUT2D eigenvalue weighted by Gasteiger charge is 2.22. The summed E-state index contributed by atoms with van der Waals surface area (Å²) in [5.74, 6) is -0.178. The predicted octanol–water partition coefficient (Wildman–Crippen LogP) is 5.95. The number of carboxylic acids is 1. The molecule has 0 aliphatic carbocycles. The number of rotatable bonds is 12. The summed E-state index contributed by atoms with van der Waals surface area (Å²) >= 11 is 1.79. The summed E-state index contributed by atoms with van der Waals surface area (Å²) in [6.45, 7) is 3.48. The summed E-state index contributed by atoms with van der Waals surface area (Å²) in [5.41, 5.74) is 10.0. The Hall–Kier alpha value is -3.82. The Morgan fingerprint density at radius 1 is 0.833 bits per heavy atom. The first-order valence-corrected chi connectivity index (χ1v) is 14.9. The first-order valence-electron chi connectivity index (χ1n) is 14.1. The number of aliphatic hydroxyl groups excluding tert-OH is 1. The smallest absolute Gasteiger partial charge is 0.333 e. The van der Waals surface area contributed by atoms with Crippen molar-refractivity contribution in [3.8, 4) is 5.75 Å². The molecule has 220 valence electrons. The molecule has 0 radical (unpaired) electrons. The lowest BCUT2D eigenvalue weighted by Gasteiger charge is -2.32. The van der Waals surface area contributed by atoms with Crippen LogP contribution in [-0.4, -0.2) is 54.7 Å². The molecule has 42 heavy (non-hydrogen) atoms. The fourth-order valence-electron chi connectivity index (χ4n) is 4.61. The Morgan fingerprint density at radius 2 is 1.40 bits per heavy atom. The largest absolute Gasteiger partial charge is 0.492 e. The highest BCUT2D eigenvalue weighted by Crippen LogP contribution is 2.47. The molecule has 1 heterocycles. The van der Waals surface area contributed by atoms with E-state index in [9.17, 15) is 9.90 Å². The van der Waals surface area contributed by atoms with Crippen molar-refractivity contribution in [2.75, 3.05) is 31.3 Å². The van der Waals surface area contributed by atoms with Gasteiger partial charge >= 0.3 is 5.97 Å². The van der Waals surface area contributed by atoms with Crippen LogP contribution >= 0.6 is 11.8 Å². The molecule has 0 amide bonds. The fourth-order valence-corrected chi connectivity index (χ4v) is 5.71. The van der Waals surface area contributed by atoms with Crippen molar-refractivity contribution < 1.29 is 24.5 Å². The van der Waals surface area contributed by atoms with Gasteiger partial charge in [0.25, 0.3) is 0 Å². The minimum atomic E-state index is -0.942. The quantitative estimate of drug-likeness (QED) is 0.187. The van der Waals surface area contributed by atoms with Gasteiger partial charge in [0.1, 0.15) is 12.4 Å². The maximum absolute atomic E-state index is 11.3. The van der Waals surface area contributed by atoms with E-state index in [2.05, 4.69) is 53.4 Å². The number of ether oxygens (including phenoxy) is 2. The second kappa shape index (κ2) is 16.0. The molecule has 0 spiro atoms. The van der Waals surface area contributed by atoms with Gasteiger partial charge in [-0.05, 0) is 60.9 Å². The van der Waals surface area contributed by atoms with Crippen LogP contribution in [0.2, 0.25) is 0 Å². The Morgan fingerprint density at radius 3 is 1.98 bits per heavy atom. The summed E-state index contributed by atoms with van der Waals surface area (Å²) in [4.78, 5) is 16.1. The van der Waals surface area contributed by atoms with Crippen molar-refractivity contribution in [1.82, 2.24) is 0 Å². The summed E-state index contributed by atoms with van der Waals surface area (Å²) < 4.78 is 11.3. The monoisotopic (exact) mass is 586 g/mol. The van der Waals surface area contributed by atoms with Crippen molar-refractivity contribution in [1.29, 1.82) is 0 Å². The molecule has 0 bridgehead atoms. The summed E-state index contributed by atoms with van der Waals surface area (Å²) in [6, 6.07) is 34.2. The first kappa shape index (κ1) is 31.1. The lowest BCUT2D eigenvalue weighted by Crippen LogP contribution is -2.26. The zero-order chi connectivity index (χ0) is 29.7. The van der Waals surface area contributed by atoms with Crippen molar-refractivity contribution in [3.63, 3.8) is 0 Å². The molecule has 4 aromatic rings. The SMILES string of the molecule is CCO[C@@H](Cc1ccc(OCCN2c3ccccc3Sc3ccccc32)cc1)C(=O)O.NC(CO)Cc1ccccc1. The molecule has 1 aliphatic heterocycles. The van der Waals surface area contributed by atoms with E-state index in [4.69, 9.17) is 20.3 Å². The third kappa shape index (κ3) is 8.84. The number of hydrogen-bond donors (Lipinski definition) is 3. The normalized spacial score (nSPS) is 13.2. The number of carbonyl (C=O) groups is 1. The number of aliphatic hydroxyl groups is 1. The third-order valence-corrected chi connectivity index (χ3v) is 7.81. The van der Waals surface area contributed by atoms with Crippen molar-refractivity contribution in [3.05, 3.63) is 114 Å². The lowest BCUT2D eigenvalue weighted by atomic mass is 10.1. The minimum absolute atomic E-state index is 0.0505. The average Bonchev–Trinajstić information content (AvgIpc) is 3.02. The number of nitrogens with two attached hydrogens (primary N) is 1. The van der Waals surface area contributed by atoms with Gasteiger partial charge in [-0.25, -0.2) is 4.79 Å². The van der Waals surface area contributed by atoms with Gasteiger partial charge < -0.3 is 30.3 Å². The topological polar surface area (TPSA) is 105 Å². The Kier molecular flexibility index (Phi) is 11.8. The van der Waals surface area contributed by atoms with Crippen LogP contribution < -0.4 is 15.4 Å². The van der Waals surface area contributed by atoms with Gasteiger partial charge in [-0.3, -0.25) is 0 Å². The summed E-state index contributed by atoms with van der Waals surface area (Å²) in [7, 11) is 0. The third-order valence-electron chi connectivity index (χ3n) is 6.68. The number of anilines is 2. The van der Waals surface area contributed by atoms with E-state index in [1.807, 2.05) is 54.6 Å². The highest BCUT2D eigenvalue weighted by atomic mass is 32.2. The van der Waals surface area contributed by atoms with E-state index in [0.29, 0.717) is 19.6 Å². The van der Waals surface area contributed by atoms with Crippen LogP contribution in [0.5, 0.6) is 5.75 Å². The maximum Gasteiger partial charge on any atom is 0.333 e. The van der Waals surface area contributed by atoms with Gasteiger partial charge in [0, 0.05) is 28.9 Å². The molecule has 8 heteroatoms. The van der Waals surface area contributed by atoms with Gasteiger partial charge in [0.2, 0.25) is 0 Å². The number of benzene rings is 4. The van der Waals surface area contributed by atoms with E-state index in [0.717, 1.165) is 24.3 Å². The number of para-hydroxylation sites is 2. The van der Waals surface area contributed by atoms with Crippen LogP contribution in [0.25, 0.3) is 0 Å². The zero-order valence-corrected chi connectivity index (χ0v) is 24.6. The van der Waals surface area contributed by atoms with E-state index in [-0.39, 0.29) is 12.6 Å². The van der Waals surface area contributed by atoms with Crippen molar-refractivity contribution >= 4 is 29.1 Å². The standard InChI is InChI=1S/C25H25NO4S.C9H13NO/c1-2-29-22(25(27)28)17-18-11-13-19(14-12-18)30-16-15-26-20-7-3-5-9-23(20)31-24-10-6-4-8-21(24)26;10-9(7-11)6-8-4-2-1-3-5-8/h3-14,22H,2,15-17H2,1H3,(H,27,28);1-5,9,11H,6-7,10H2/t22-;/m0./s1. The maximum atomic E-state index is 11.3. The van der Waals surface area contributed by atoms with Gasteiger partial charge in [0.15, 0.2) is 6.10 Å². The molecule has 4 N–H and O–H groups in total. The Labute approximate surface area is 251 Å². The predicted molar refractivity (Wildman–Crippen MR) is 168 cm³/mol. The molecule has 0 fully saturated rings. The van der Waals surface area contributed by atoms with Gasteiger partial charge in [-0.1, -0.05) is 78.5 Å². The van der Waals surface area contributed by atoms with E-state index in [1.54, 1.807) is 18.7 Å². The molecule has 0 aromatic heterocycles. The highest BCUT2D eigenvalue weighted by molar-refractivity contribution is 7.99. The lowest BCUT2D eigenvalue weighted by molar-refractivity contribution is -0.149. The van der Waals surface area contributed by atoms with Crippen molar-refractivity contribution in [2.45, 2.75) is 41.7 Å². The van der Waals surface area contributed by atoms with Crippen LogP contribution in [0, 0.1) is 0 Å². The second-order valence-electron chi connectivity index (χ2n) is 9.80. The zero-order valence-electron chi connectivity index (χ0n) is 23.8. The van der Waals surface area contributed by atoms with Crippen LogP contribution in [0.1, 0.15) is 18.1 Å². The van der Waals surface area contributed by atoms with Crippen molar-refractivity contribution in [2.24, 2.45) is 5.73 Å². The van der Waals surface area contributed by atoms with Crippen LogP contribution in [0.4, 0.5) is 11.4 Å². The van der Waals surface area contributed by atoms with E-state index >= 15 is 0 Å². The van der Waals surface area contributed by atoms with E-state index < -0.39 is 12.1 Å². The molecule has 5 rings (SSSR count). The molecule has 7 nitrogen and oxygen atoms in total. The van der Waals surface area contributed by atoms with Crippen LogP contribution in [0.15, 0.2) is 113 Å². The number of aliphatic carboxylic acids is 1. The fraction of sp³-hybridized carbons (Fsp3) is 0.265. The molecule has 1 unspecified atom stereocenters. The number of nitrogens with zero attached hydrogens (tertiary/aromatic N) is 1. The van der Waals surface area contributed by atoms with Gasteiger partial charge in [-0.15, -0.1) is 0 Å². The summed E-state index contributed by atoms with van der Waals surface area (Å²) in [5, 5.41) is 17.9. The Balaban J connectivity index is 0.000000310. The molecular weight excluding hydrogens is 548 g/mol. The average molecular weight is 587 g/mol. The molecule has 2 atom stereocenters. The van der Waals surface area contributed by atoms with Crippen LogP contribution in [0.3, 0.4) is 0 Å². The van der Waals surface area contributed by atoms with E-state index in [1.165, 1.54) is 26.7 Å². The minimum Gasteiger partial charge on any atom is -0.492 e. The molecule has 1 aliphatic rings. The summed E-state index contributed by atoms with van der Waals surface area (Å²) in [6.07, 6.45) is 0.258. The first-order chi connectivity index (χ1) is 20.5. The van der Waals surface area contributed by atoms with Gasteiger partial charge in [-0.2, -0.15) is 0 Å². The number of fused-ring (bicyclic) bond motifs is 2. The number of hydrogen-bond acceptors (Lipinski definition) is 7. The molecule has 4 aromatic carbocycles. The molecular formula is C34H38N2O5S. The molecule has 0 saturated carbocycles. The van der Waals surface area contributed by atoms with Crippen LogP contribution in [-0.2, 0) is 22.4 Å². The second-order valence-corrected chi connectivity index (χ2v) is 10.9. The molecule has 0 saturated heterocycles. The Bertz CT molecular complexity index is 1360. The number of carboxylic acid groups (broad SMARTS) is 1.